The van der Waals surface area contributed by atoms with Gasteiger partial charge in [0.25, 0.3) is 0 Å². The monoisotopic (exact) mass is 317 g/mol. The number of aryl methyl sites for hydroxylation is 2. The minimum atomic E-state index is -1.66. The van der Waals surface area contributed by atoms with Crippen LogP contribution in [0, 0.1) is 13.8 Å². The van der Waals surface area contributed by atoms with Gasteiger partial charge < -0.3 is 0 Å². The van der Waals surface area contributed by atoms with Crippen molar-refractivity contribution in [1.29, 1.82) is 0 Å². The molecule has 21 heavy (non-hydrogen) atoms. The normalized spacial score (nSPS) is 16.4. The number of carbonyl (C=O) groups excluding carboxylic acids is 1. The lowest BCUT2D eigenvalue weighted by Crippen LogP contribution is -2.39. The maximum atomic E-state index is 12.7. The van der Waals surface area contributed by atoms with Crippen LogP contribution in [0.3, 0.4) is 0 Å². The predicted octanol–water partition coefficient (Wildman–Crippen LogP) is 4.79. The van der Waals surface area contributed by atoms with E-state index in [0.29, 0.717) is 17.0 Å². The van der Waals surface area contributed by atoms with Crippen LogP contribution in [0.5, 0.6) is 0 Å². The number of halogens is 2. The molecule has 1 heterocycles. The van der Waals surface area contributed by atoms with E-state index >= 15 is 0 Å². The Bertz CT molecular complexity index is 764. The van der Waals surface area contributed by atoms with E-state index in [9.17, 15) is 4.79 Å². The molecule has 2 nitrogen and oxygen atoms in total. The van der Waals surface area contributed by atoms with Crippen molar-refractivity contribution in [3.63, 3.8) is 0 Å². The molecule has 2 aromatic rings. The fourth-order valence-corrected chi connectivity index (χ4v) is 3.12. The molecule has 0 saturated carbocycles. The summed E-state index contributed by atoms with van der Waals surface area (Å²) in [4.78, 5) is 17.3. The molecular weight excluding hydrogens is 305 g/mol. The van der Waals surface area contributed by atoms with Crippen molar-refractivity contribution in [2.24, 2.45) is 4.99 Å². The van der Waals surface area contributed by atoms with Gasteiger partial charge in [-0.05, 0) is 36.6 Å². The summed E-state index contributed by atoms with van der Waals surface area (Å²) < 4.78 is -1.66. The van der Waals surface area contributed by atoms with Crippen LogP contribution in [-0.2, 0) is 0 Å². The van der Waals surface area contributed by atoms with Crippen molar-refractivity contribution in [2.75, 3.05) is 0 Å². The number of carbonyl (C=O) groups is 1. The zero-order valence-corrected chi connectivity index (χ0v) is 13.2. The number of hydrogen-bond acceptors (Lipinski definition) is 2. The SMILES string of the molecule is Cc1cc(C)c2c(c1)N=C(c1ccccc1)C(Cl)(Cl)C2=O. The van der Waals surface area contributed by atoms with Crippen LogP contribution in [0.15, 0.2) is 47.5 Å². The summed E-state index contributed by atoms with van der Waals surface area (Å²) in [5.41, 5.74) is 4.16. The van der Waals surface area contributed by atoms with Crippen LogP contribution in [0.25, 0.3) is 0 Å². The summed E-state index contributed by atoms with van der Waals surface area (Å²) in [6, 6.07) is 13.1. The zero-order valence-electron chi connectivity index (χ0n) is 11.7. The van der Waals surface area contributed by atoms with E-state index in [1.807, 2.05) is 56.3 Å². The summed E-state index contributed by atoms with van der Waals surface area (Å²) in [5, 5.41) is 0. The zero-order chi connectivity index (χ0) is 15.2. The van der Waals surface area contributed by atoms with Gasteiger partial charge >= 0.3 is 0 Å². The smallest absolute Gasteiger partial charge is 0.222 e. The summed E-state index contributed by atoms with van der Waals surface area (Å²) in [5.74, 6) is -0.313. The summed E-state index contributed by atoms with van der Waals surface area (Å²) in [6.45, 7) is 3.84. The fourth-order valence-electron chi connectivity index (χ4n) is 2.63. The fraction of sp³-hybridized carbons (Fsp3) is 0.176. The lowest BCUT2D eigenvalue weighted by Gasteiger charge is -2.27. The van der Waals surface area contributed by atoms with E-state index in [-0.39, 0.29) is 5.78 Å². The first-order valence-corrected chi connectivity index (χ1v) is 7.35. The van der Waals surface area contributed by atoms with Gasteiger partial charge in [0.1, 0.15) is 0 Å². The van der Waals surface area contributed by atoms with Gasteiger partial charge in [0.05, 0.1) is 11.4 Å². The van der Waals surface area contributed by atoms with Crippen molar-refractivity contribution >= 4 is 40.4 Å². The molecule has 3 rings (SSSR count). The highest BCUT2D eigenvalue weighted by Crippen LogP contribution is 2.41. The highest BCUT2D eigenvalue weighted by atomic mass is 35.5. The first kappa shape index (κ1) is 14.3. The molecule has 0 amide bonds. The maximum absolute atomic E-state index is 12.7. The lowest BCUT2D eigenvalue weighted by atomic mass is 9.91. The molecule has 2 aromatic carbocycles. The van der Waals surface area contributed by atoms with Crippen molar-refractivity contribution in [1.82, 2.24) is 0 Å². The van der Waals surface area contributed by atoms with E-state index in [1.165, 1.54) is 0 Å². The Morgan fingerprint density at radius 2 is 1.71 bits per heavy atom. The van der Waals surface area contributed by atoms with Gasteiger partial charge in [-0.3, -0.25) is 4.79 Å². The third kappa shape index (κ3) is 2.29. The minimum Gasteiger partial charge on any atom is -0.290 e. The summed E-state index contributed by atoms with van der Waals surface area (Å²) in [7, 11) is 0. The van der Waals surface area contributed by atoms with Crippen molar-refractivity contribution in [3.05, 3.63) is 64.7 Å². The Morgan fingerprint density at radius 3 is 2.38 bits per heavy atom. The van der Waals surface area contributed by atoms with Gasteiger partial charge in [-0.1, -0.05) is 59.6 Å². The molecule has 0 atom stereocenters. The van der Waals surface area contributed by atoms with E-state index in [4.69, 9.17) is 23.2 Å². The molecule has 0 unspecified atom stereocenters. The third-order valence-corrected chi connectivity index (χ3v) is 4.25. The molecule has 0 aliphatic carbocycles. The van der Waals surface area contributed by atoms with Gasteiger partial charge in [0.15, 0.2) is 0 Å². The Labute approximate surface area is 133 Å². The molecule has 0 spiro atoms. The predicted molar refractivity (Wildman–Crippen MR) is 87.3 cm³/mol. The van der Waals surface area contributed by atoms with Crippen LogP contribution in [0.4, 0.5) is 5.69 Å². The highest BCUT2D eigenvalue weighted by Gasteiger charge is 2.45. The van der Waals surface area contributed by atoms with E-state index in [1.54, 1.807) is 0 Å². The van der Waals surface area contributed by atoms with E-state index in [2.05, 4.69) is 4.99 Å². The second kappa shape index (κ2) is 4.97. The molecule has 0 saturated heterocycles. The lowest BCUT2D eigenvalue weighted by molar-refractivity contribution is 0.0991. The van der Waals surface area contributed by atoms with Crippen molar-refractivity contribution in [3.8, 4) is 0 Å². The van der Waals surface area contributed by atoms with Gasteiger partial charge in [-0.2, -0.15) is 0 Å². The summed E-state index contributed by atoms with van der Waals surface area (Å²) >= 11 is 12.7. The molecule has 106 valence electrons. The number of Topliss-reactive ketones (excluding diaryl/α,β-unsaturated/α-hetero) is 1. The number of aliphatic imine (C=N–C) groups is 1. The second-order valence-corrected chi connectivity index (χ2v) is 6.53. The van der Waals surface area contributed by atoms with Crippen LogP contribution in [0.1, 0.15) is 27.0 Å². The number of alkyl halides is 2. The Kier molecular flexibility index (Phi) is 3.39. The summed E-state index contributed by atoms with van der Waals surface area (Å²) in [6.07, 6.45) is 0. The van der Waals surface area contributed by atoms with Crippen LogP contribution < -0.4 is 0 Å². The largest absolute Gasteiger partial charge is 0.290 e. The van der Waals surface area contributed by atoms with Gasteiger partial charge in [0, 0.05) is 5.56 Å². The first-order valence-electron chi connectivity index (χ1n) is 6.59. The number of rotatable bonds is 1. The van der Waals surface area contributed by atoms with Crippen LogP contribution >= 0.6 is 23.2 Å². The second-order valence-electron chi connectivity index (χ2n) is 5.21. The topological polar surface area (TPSA) is 29.4 Å². The van der Waals surface area contributed by atoms with Crippen molar-refractivity contribution in [2.45, 2.75) is 18.2 Å². The number of ketones is 1. The standard InChI is InChI=1S/C17H13Cl2NO/c1-10-8-11(2)14-13(9-10)20-15(17(18,19)16(14)21)12-6-4-3-5-7-12/h3-9H,1-2H3. The van der Waals surface area contributed by atoms with Gasteiger partial charge in [-0.15, -0.1) is 0 Å². The molecule has 0 aromatic heterocycles. The first-order chi connectivity index (χ1) is 9.91. The van der Waals surface area contributed by atoms with Crippen LogP contribution in [-0.4, -0.2) is 15.8 Å². The number of benzene rings is 2. The van der Waals surface area contributed by atoms with E-state index in [0.717, 1.165) is 16.7 Å². The van der Waals surface area contributed by atoms with Crippen molar-refractivity contribution < 1.29 is 4.79 Å². The molecule has 4 heteroatoms. The van der Waals surface area contributed by atoms with E-state index < -0.39 is 4.33 Å². The molecule has 0 N–H and O–H groups in total. The quantitative estimate of drug-likeness (QED) is 0.695. The number of hydrogen-bond donors (Lipinski definition) is 0. The Balaban J connectivity index is 2.30. The number of nitrogens with zero attached hydrogens (tertiary/aromatic N) is 1. The third-order valence-electron chi connectivity index (χ3n) is 3.55. The van der Waals surface area contributed by atoms with Crippen LogP contribution in [0.2, 0.25) is 0 Å². The molecule has 1 aliphatic rings. The molecule has 0 radical (unpaired) electrons. The maximum Gasteiger partial charge on any atom is 0.222 e. The Hall–Kier alpha value is -1.64. The van der Waals surface area contributed by atoms with Gasteiger partial charge in [-0.25, -0.2) is 4.99 Å². The Morgan fingerprint density at radius 1 is 1.05 bits per heavy atom. The minimum absolute atomic E-state index is 0.313. The number of fused-ring (bicyclic) bond motifs is 1. The van der Waals surface area contributed by atoms with Gasteiger partial charge in [0.2, 0.25) is 10.1 Å². The molecule has 0 fully saturated rings. The highest BCUT2D eigenvalue weighted by molar-refractivity contribution is 6.72. The molecule has 1 aliphatic heterocycles. The average Bonchev–Trinajstić information content (AvgIpc) is 2.43. The molecule has 0 bridgehead atoms. The molecular formula is C17H13Cl2NO. The average molecular weight is 318 g/mol.